The van der Waals surface area contributed by atoms with E-state index < -0.39 is 0 Å². The molecule has 1 aliphatic heterocycles. The van der Waals surface area contributed by atoms with Crippen LogP contribution in [0.25, 0.3) is 11.5 Å². The number of hydrogen-bond donors (Lipinski definition) is 0. The average Bonchev–Trinajstić information content (AvgIpc) is 3.36. The van der Waals surface area contributed by atoms with Gasteiger partial charge in [-0.15, -0.1) is 0 Å². The first-order valence-electron chi connectivity index (χ1n) is 20.1. The van der Waals surface area contributed by atoms with Crippen molar-refractivity contribution < 1.29 is 4.68 Å². The van der Waals surface area contributed by atoms with Crippen LogP contribution in [-0.2, 0) is 25.7 Å². The van der Waals surface area contributed by atoms with Crippen LogP contribution in [0.3, 0.4) is 0 Å². The minimum atomic E-state index is 1.05. The minimum Gasteiger partial charge on any atom is -0.448 e. The smallest absolute Gasteiger partial charge is 0.215 e. The number of nitrogens with zero attached hydrogens (tertiary/aromatic N) is 1. The number of rotatable bonds is 24. The third-order valence-corrected chi connectivity index (χ3v) is 9.93. The molecule has 1 aliphatic rings. The molecule has 2 aromatic carbocycles. The Bertz CT molecular complexity index is 1250. The van der Waals surface area contributed by atoms with Crippen LogP contribution < -0.4 is 0 Å². The van der Waals surface area contributed by atoms with Gasteiger partial charge in [-0.05, 0) is 124 Å². The Morgan fingerprint density at radius 3 is 1.36 bits per heavy atom. The van der Waals surface area contributed by atoms with Crippen molar-refractivity contribution >= 4 is 11.4 Å². The largest absolute Gasteiger partial charge is 0.448 e. The first kappa shape index (κ1) is 38.8. The number of hydrogen-bond acceptors (Lipinski definition) is 0. The van der Waals surface area contributed by atoms with Gasteiger partial charge in [0.25, 0.3) is 0 Å². The van der Waals surface area contributed by atoms with Gasteiger partial charge in [-0.1, -0.05) is 124 Å². The molecule has 1 heterocycles. The van der Waals surface area contributed by atoms with Crippen LogP contribution in [0.2, 0.25) is 0 Å². The third kappa shape index (κ3) is 12.1. The molecule has 0 radical (unpaired) electrons. The molecular weight excluding hydrogens is 569 g/mol. The number of unbranched alkanes of at least 4 members (excludes halogenated alkanes) is 11. The van der Waals surface area contributed by atoms with Crippen LogP contribution in [0.1, 0.15) is 190 Å². The van der Waals surface area contributed by atoms with Gasteiger partial charge in [0.05, 0.1) is 5.57 Å². The summed E-state index contributed by atoms with van der Waals surface area (Å²) in [6, 6.07) is 14.7. The maximum absolute atomic E-state index is 9.97. The van der Waals surface area contributed by atoms with Gasteiger partial charge >= 0.3 is 0 Å². The molecule has 1 N–H and O–H groups in total. The number of aryl methyl sites for hydroxylation is 4. The maximum Gasteiger partial charge on any atom is 0.215 e. The van der Waals surface area contributed by atoms with Crippen molar-refractivity contribution in [2.75, 3.05) is 0 Å². The molecule has 0 atom stereocenters. The van der Waals surface area contributed by atoms with Crippen LogP contribution in [0.5, 0.6) is 0 Å². The lowest BCUT2D eigenvalue weighted by molar-refractivity contribution is -0.347. The molecule has 0 fully saturated rings. The molecule has 0 aromatic heterocycles. The predicted molar refractivity (Wildman–Crippen MR) is 209 cm³/mol. The summed E-state index contributed by atoms with van der Waals surface area (Å²) in [7, 11) is 0. The Kier molecular flexibility index (Phi) is 18.3. The molecule has 0 saturated carbocycles. The Hall–Kier alpha value is -2.61. The first-order valence-corrected chi connectivity index (χ1v) is 20.1. The topological polar surface area (TPSA) is 26.8 Å². The van der Waals surface area contributed by atoms with Gasteiger partial charge in [-0.25, -0.2) is 4.68 Å². The van der Waals surface area contributed by atoms with Crippen molar-refractivity contribution in [1.82, 2.24) is 0 Å². The summed E-state index contributed by atoms with van der Waals surface area (Å²) in [6.07, 6.45) is 29.0. The summed E-state index contributed by atoms with van der Waals surface area (Å²) in [5, 5.41) is 0. The highest BCUT2D eigenvalue weighted by Crippen LogP contribution is 2.39. The van der Waals surface area contributed by atoms with E-state index in [1.54, 1.807) is 0 Å². The second-order valence-corrected chi connectivity index (χ2v) is 14.3. The molecule has 0 amide bonds. The third-order valence-electron chi connectivity index (χ3n) is 9.93. The van der Waals surface area contributed by atoms with E-state index in [9.17, 15) is 5.84 Å². The molecule has 2 nitrogen and oxygen atoms in total. The Morgan fingerprint density at radius 1 is 0.468 bits per heavy atom. The van der Waals surface area contributed by atoms with E-state index in [1.807, 2.05) is 4.68 Å². The van der Waals surface area contributed by atoms with E-state index >= 15 is 0 Å². The van der Waals surface area contributed by atoms with Gasteiger partial charge in [0.2, 0.25) is 11.4 Å². The highest BCUT2D eigenvalue weighted by Gasteiger charge is 2.35. The van der Waals surface area contributed by atoms with E-state index in [0.29, 0.717) is 0 Å². The summed E-state index contributed by atoms with van der Waals surface area (Å²) in [5.74, 6) is 9.97. The summed E-state index contributed by atoms with van der Waals surface area (Å²) in [5.41, 5.74) is 13.4. The molecule has 0 saturated heterocycles. The maximum atomic E-state index is 9.97. The van der Waals surface area contributed by atoms with E-state index in [4.69, 9.17) is 0 Å². The van der Waals surface area contributed by atoms with Gasteiger partial charge in [0.1, 0.15) is 0 Å². The number of allylic oxidation sites excluding steroid dienone is 3. The standard InChI is InChI=1S/C45H70N2/c1-7-13-19-20-21-23-29-43-42(28-22-14-8-2)44(40-32-36(24-15-9-3)30-37(33-40)25-16-10-4)47(46)45(43)41-34-38(26-17-11-5)31-39(35-41)27-18-12-6/h29-35,46H,7-28H2,1-6H3. The molecule has 0 aliphatic carbocycles. The van der Waals surface area contributed by atoms with Crippen molar-refractivity contribution in [3.05, 3.63) is 92.8 Å². The number of nitrogens with one attached hydrogen (secondary N) is 1. The van der Waals surface area contributed by atoms with Crippen molar-refractivity contribution in [2.24, 2.45) is 0 Å². The van der Waals surface area contributed by atoms with Gasteiger partial charge < -0.3 is 5.84 Å². The monoisotopic (exact) mass is 639 g/mol. The minimum absolute atomic E-state index is 1.05. The highest BCUT2D eigenvalue weighted by atomic mass is 15.3. The molecule has 47 heavy (non-hydrogen) atoms. The zero-order valence-electron chi connectivity index (χ0n) is 31.5. The predicted octanol–water partition coefficient (Wildman–Crippen LogP) is 14.1. The van der Waals surface area contributed by atoms with Gasteiger partial charge in [0.15, 0.2) is 0 Å². The lowest BCUT2D eigenvalue weighted by atomic mass is 9.88. The molecule has 0 unspecified atom stereocenters. The van der Waals surface area contributed by atoms with Crippen molar-refractivity contribution in [3.63, 3.8) is 0 Å². The Morgan fingerprint density at radius 2 is 0.894 bits per heavy atom. The molecule has 260 valence electrons. The Labute approximate surface area is 291 Å². The van der Waals surface area contributed by atoms with Crippen LogP contribution in [0.4, 0.5) is 0 Å². The van der Waals surface area contributed by atoms with Gasteiger partial charge in [0, 0.05) is 16.7 Å². The molecule has 0 bridgehead atoms. The summed E-state index contributed by atoms with van der Waals surface area (Å²) < 4.78 is 1.88. The average molecular weight is 639 g/mol. The lowest BCUT2D eigenvalue weighted by Gasteiger charge is -2.13. The fraction of sp³-hybridized carbons (Fsp3) is 0.622. The highest BCUT2D eigenvalue weighted by molar-refractivity contribution is 6.16. The normalized spacial score (nSPS) is 14.3. The van der Waals surface area contributed by atoms with Crippen molar-refractivity contribution in [3.8, 4) is 0 Å². The zero-order valence-corrected chi connectivity index (χ0v) is 31.5. The SMILES string of the molecule is CCCCCCCC=C1C(CCCCC)=C(c2cc(CCCC)cc(CCCC)c2)[N+]([NH-])=C1c1cc(CCCC)cc(CCCC)c1. The van der Waals surface area contributed by atoms with Crippen LogP contribution in [0, 0.1) is 0 Å². The molecule has 2 aromatic rings. The van der Waals surface area contributed by atoms with Crippen LogP contribution in [-0.4, -0.2) is 10.4 Å². The molecule has 2 heteroatoms. The van der Waals surface area contributed by atoms with E-state index in [2.05, 4.69) is 84.0 Å². The van der Waals surface area contributed by atoms with Crippen LogP contribution >= 0.6 is 0 Å². The summed E-state index contributed by atoms with van der Waals surface area (Å²) in [4.78, 5) is 0. The number of benzene rings is 2. The van der Waals surface area contributed by atoms with E-state index in [-0.39, 0.29) is 0 Å². The van der Waals surface area contributed by atoms with Gasteiger partial charge in [-0.2, -0.15) is 0 Å². The first-order chi connectivity index (χ1) is 23.0. The van der Waals surface area contributed by atoms with E-state index in [1.165, 1.54) is 147 Å². The molecular formula is C45H70N2. The summed E-state index contributed by atoms with van der Waals surface area (Å²) in [6.45, 7) is 13.8. The quantitative estimate of drug-likeness (QED) is 0.0808. The fourth-order valence-electron chi connectivity index (χ4n) is 7.14. The summed E-state index contributed by atoms with van der Waals surface area (Å²) >= 11 is 0. The second kappa shape index (κ2) is 22.1. The Balaban J connectivity index is 2.25. The molecule has 0 spiro atoms. The second-order valence-electron chi connectivity index (χ2n) is 14.3. The van der Waals surface area contributed by atoms with E-state index in [0.717, 1.165) is 49.9 Å². The fourth-order valence-corrected chi connectivity index (χ4v) is 7.14. The van der Waals surface area contributed by atoms with Crippen LogP contribution in [0.15, 0.2) is 53.6 Å². The van der Waals surface area contributed by atoms with Crippen molar-refractivity contribution in [1.29, 1.82) is 0 Å². The lowest BCUT2D eigenvalue weighted by Crippen LogP contribution is -2.13. The molecule has 3 rings (SSSR count). The zero-order chi connectivity index (χ0) is 33.9. The van der Waals surface area contributed by atoms with Crippen molar-refractivity contribution in [2.45, 2.75) is 183 Å². The van der Waals surface area contributed by atoms with Gasteiger partial charge in [-0.3, -0.25) is 0 Å².